The SMILES string of the molecule is CC(C)S(=O)(=O)c1ccc(CC(=O)NCc2nn(C3CCCC3)c(=O)c3ccccc23)cc1. The van der Waals surface area contributed by atoms with Gasteiger partial charge in [0.25, 0.3) is 5.56 Å². The van der Waals surface area contributed by atoms with Crippen LogP contribution in [0.2, 0.25) is 0 Å². The molecular formula is C25H29N3O4S. The summed E-state index contributed by atoms with van der Waals surface area (Å²) in [6, 6.07) is 13.9. The third-order valence-corrected chi connectivity index (χ3v) is 8.44. The number of nitrogens with one attached hydrogen (secondary N) is 1. The van der Waals surface area contributed by atoms with Crippen LogP contribution in [0.25, 0.3) is 10.8 Å². The van der Waals surface area contributed by atoms with E-state index < -0.39 is 15.1 Å². The fourth-order valence-electron chi connectivity index (χ4n) is 4.30. The van der Waals surface area contributed by atoms with E-state index in [4.69, 9.17) is 0 Å². The molecule has 0 spiro atoms. The molecule has 1 aromatic heterocycles. The summed E-state index contributed by atoms with van der Waals surface area (Å²) in [6.45, 7) is 3.50. The molecule has 8 heteroatoms. The number of amides is 1. The minimum Gasteiger partial charge on any atom is -0.350 e. The zero-order valence-electron chi connectivity index (χ0n) is 19.0. The number of carbonyl (C=O) groups is 1. The van der Waals surface area contributed by atoms with Crippen LogP contribution in [0.3, 0.4) is 0 Å². The summed E-state index contributed by atoms with van der Waals surface area (Å²) in [5.41, 5.74) is 1.32. The largest absolute Gasteiger partial charge is 0.350 e. The average Bonchev–Trinajstić information content (AvgIpc) is 3.34. The third kappa shape index (κ3) is 4.85. The summed E-state index contributed by atoms with van der Waals surface area (Å²) < 4.78 is 26.1. The van der Waals surface area contributed by atoms with Gasteiger partial charge >= 0.3 is 0 Å². The predicted molar refractivity (Wildman–Crippen MR) is 128 cm³/mol. The third-order valence-electron chi connectivity index (χ3n) is 6.27. The summed E-state index contributed by atoms with van der Waals surface area (Å²) in [6.07, 6.45) is 4.20. The van der Waals surface area contributed by atoms with Gasteiger partial charge in [0.2, 0.25) is 5.91 Å². The predicted octanol–water partition coefficient (Wildman–Crippen LogP) is 3.55. The van der Waals surface area contributed by atoms with Crippen molar-refractivity contribution >= 4 is 26.5 Å². The van der Waals surface area contributed by atoms with E-state index in [0.29, 0.717) is 11.1 Å². The number of nitrogens with zero attached hydrogens (tertiary/aromatic N) is 2. The van der Waals surface area contributed by atoms with Crippen LogP contribution in [0.1, 0.15) is 56.8 Å². The summed E-state index contributed by atoms with van der Waals surface area (Å²) in [4.78, 5) is 25.8. The first-order valence-electron chi connectivity index (χ1n) is 11.4. The quantitative estimate of drug-likeness (QED) is 0.573. The Kier molecular flexibility index (Phi) is 6.65. The van der Waals surface area contributed by atoms with E-state index in [-0.39, 0.29) is 35.4 Å². The standard InChI is InChI=1S/C25H29N3O4S/c1-17(2)33(31,32)20-13-11-18(12-14-20)15-24(29)26-16-23-21-9-5-6-10-22(21)25(30)28(27-23)19-7-3-4-8-19/h5-6,9-14,17,19H,3-4,7-8,15-16H2,1-2H3,(H,26,29). The molecule has 4 rings (SSSR count). The van der Waals surface area contributed by atoms with Gasteiger partial charge in [-0.2, -0.15) is 5.10 Å². The minimum atomic E-state index is -3.34. The number of benzene rings is 2. The van der Waals surface area contributed by atoms with Crippen molar-refractivity contribution in [3.05, 3.63) is 70.1 Å². The molecule has 7 nitrogen and oxygen atoms in total. The molecule has 1 N–H and O–H groups in total. The Bertz CT molecular complexity index is 1320. The van der Waals surface area contributed by atoms with Gasteiger partial charge in [0.05, 0.1) is 40.2 Å². The first-order chi connectivity index (χ1) is 15.8. The van der Waals surface area contributed by atoms with Crippen LogP contribution >= 0.6 is 0 Å². The fraction of sp³-hybridized carbons (Fsp3) is 0.400. The van der Waals surface area contributed by atoms with Crippen LogP contribution in [0.15, 0.2) is 58.2 Å². The molecule has 2 aromatic carbocycles. The van der Waals surface area contributed by atoms with Gasteiger partial charge in [0, 0.05) is 5.39 Å². The van der Waals surface area contributed by atoms with Crippen LogP contribution in [-0.2, 0) is 27.6 Å². The molecule has 1 saturated carbocycles. The van der Waals surface area contributed by atoms with Crippen molar-refractivity contribution in [1.82, 2.24) is 15.1 Å². The van der Waals surface area contributed by atoms with Crippen molar-refractivity contribution in [3.63, 3.8) is 0 Å². The molecule has 1 aliphatic rings. The van der Waals surface area contributed by atoms with Crippen LogP contribution in [0, 0.1) is 0 Å². The molecule has 174 valence electrons. The number of rotatable bonds is 7. The number of sulfone groups is 1. The number of carbonyl (C=O) groups excluding carboxylic acids is 1. The van der Waals surface area contributed by atoms with Crippen molar-refractivity contribution in [2.45, 2.75) is 68.7 Å². The van der Waals surface area contributed by atoms with Crippen LogP contribution in [-0.4, -0.2) is 29.4 Å². The molecule has 1 amide bonds. The second-order valence-electron chi connectivity index (χ2n) is 8.87. The summed E-state index contributed by atoms with van der Waals surface area (Å²) in [7, 11) is -3.34. The van der Waals surface area contributed by atoms with Crippen molar-refractivity contribution in [2.24, 2.45) is 0 Å². The lowest BCUT2D eigenvalue weighted by Gasteiger charge is -2.16. The Morgan fingerprint density at radius 3 is 2.33 bits per heavy atom. The van der Waals surface area contributed by atoms with Gasteiger partial charge in [-0.15, -0.1) is 0 Å². The van der Waals surface area contributed by atoms with Crippen molar-refractivity contribution in [3.8, 4) is 0 Å². The molecule has 1 heterocycles. The van der Waals surface area contributed by atoms with Crippen molar-refractivity contribution in [2.75, 3.05) is 0 Å². The first-order valence-corrected chi connectivity index (χ1v) is 12.9. The zero-order valence-corrected chi connectivity index (χ0v) is 19.8. The Morgan fingerprint density at radius 2 is 1.70 bits per heavy atom. The lowest BCUT2D eigenvalue weighted by atomic mass is 10.1. The summed E-state index contributed by atoms with van der Waals surface area (Å²) in [5, 5.41) is 8.41. The topological polar surface area (TPSA) is 98.1 Å². The van der Waals surface area contributed by atoms with Crippen molar-refractivity contribution in [1.29, 1.82) is 0 Å². The molecule has 33 heavy (non-hydrogen) atoms. The van der Waals surface area contributed by atoms with E-state index in [9.17, 15) is 18.0 Å². The van der Waals surface area contributed by atoms with E-state index >= 15 is 0 Å². The highest BCUT2D eigenvalue weighted by atomic mass is 32.2. The summed E-state index contributed by atoms with van der Waals surface area (Å²) in [5.74, 6) is -0.195. The van der Waals surface area contributed by atoms with Gasteiger partial charge in [-0.3, -0.25) is 9.59 Å². The number of hydrogen-bond donors (Lipinski definition) is 1. The number of fused-ring (bicyclic) bond motifs is 1. The number of hydrogen-bond acceptors (Lipinski definition) is 5. The second-order valence-corrected chi connectivity index (χ2v) is 11.4. The van der Waals surface area contributed by atoms with Gasteiger partial charge in [0.1, 0.15) is 0 Å². The zero-order chi connectivity index (χ0) is 23.6. The monoisotopic (exact) mass is 467 g/mol. The van der Waals surface area contributed by atoms with Gasteiger partial charge < -0.3 is 5.32 Å². The second kappa shape index (κ2) is 9.47. The molecule has 0 bridgehead atoms. The highest BCUT2D eigenvalue weighted by Crippen LogP contribution is 2.28. The Labute approximate surface area is 193 Å². The van der Waals surface area contributed by atoms with Crippen LogP contribution in [0.4, 0.5) is 0 Å². The van der Waals surface area contributed by atoms with Gasteiger partial charge in [-0.1, -0.05) is 43.2 Å². The molecule has 3 aromatic rings. The molecule has 1 aliphatic carbocycles. The van der Waals surface area contributed by atoms with E-state index in [1.54, 1.807) is 42.8 Å². The van der Waals surface area contributed by atoms with Gasteiger partial charge in [0.15, 0.2) is 9.84 Å². The molecule has 0 atom stereocenters. The van der Waals surface area contributed by atoms with Crippen LogP contribution < -0.4 is 10.9 Å². The van der Waals surface area contributed by atoms with E-state index in [0.717, 1.165) is 36.6 Å². The van der Waals surface area contributed by atoms with Gasteiger partial charge in [-0.25, -0.2) is 13.1 Å². The van der Waals surface area contributed by atoms with Crippen LogP contribution in [0.5, 0.6) is 0 Å². The van der Waals surface area contributed by atoms with E-state index in [1.165, 1.54) is 0 Å². The molecule has 0 aliphatic heterocycles. The maximum Gasteiger partial charge on any atom is 0.274 e. The number of aromatic nitrogens is 2. The normalized spacial score (nSPS) is 14.8. The maximum atomic E-state index is 13.0. The fourth-order valence-corrected chi connectivity index (χ4v) is 5.36. The highest BCUT2D eigenvalue weighted by Gasteiger charge is 2.22. The molecule has 1 fully saturated rings. The maximum absolute atomic E-state index is 13.0. The lowest BCUT2D eigenvalue weighted by molar-refractivity contribution is -0.120. The molecule has 0 radical (unpaired) electrons. The Balaban J connectivity index is 1.50. The highest BCUT2D eigenvalue weighted by molar-refractivity contribution is 7.92. The first kappa shape index (κ1) is 23.2. The Hall–Kier alpha value is -3.00. The minimum absolute atomic E-state index is 0.0796. The Morgan fingerprint density at radius 1 is 1.06 bits per heavy atom. The average molecular weight is 468 g/mol. The molecule has 0 unspecified atom stereocenters. The molecule has 0 saturated heterocycles. The van der Waals surface area contributed by atoms with E-state index in [1.807, 2.05) is 24.3 Å². The smallest absolute Gasteiger partial charge is 0.274 e. The lowest BCUT2D eigenvalue weighted by Crippen LogP contribution is -2.30. The summed E-state index contributed by atoms with van der Waals surface area (Å²) >= 11 is 0. The van der Waals surface area contributed by atoms with Crippen molar-refractivity contribution < 1.29 is 13.2 Å². The van der Waals surface area contributed by atoms with Gasteiger partial charge in [-0.05, 0) is 50.5 Å². The van der Waals surface area contributed by atoms with E-state index in [2.05, 4.69) is 10.4 Å². The molecular weight excluding hydrogens is 438 g/mol.